The molecule has 0 unspecified atom stereocenters. The first-order chi connectivity index (χ1) is 15.4. The maximum Gasteiger partial charge on any atom is 0.340 e. The van der Waals surface area contributed by atoms with Crippen LogP contribution >= 0.6 is 0 Å². The van der Waals surface area contributed by atoms with Crippen molar-refractivity contribution < 1.29 is 9.18 Å². The van der Waals surface area contributed by atoms with Gasteiger partial charge in [-0.05, 0) is 30.2 Å². The number of hydrogen-bond acceptors (Lipinski definition) is 4. The lowest BCUT2D eigenvalue weighted by molar-refractivity contribution is 0.0922. The highest BCUT2D eigenvalue weighted by Crippen LogP contribution is 2.27. The van der Waals surface area contributed by atoms with Gasteiger partial charge < -0.3 is 0 Å². The number of benzene rings is 2. The Bertz CT molecular complexity index is 1420. The minimum Gasteiger partial charge on any atom is -0.294 e. The number of rotatable bonds is 3. The first kappa shape index (κ1) is 20.3. The Hall–Kier alpha value is -3.58. The summed E-state index contributed by atoms with van der Waals surface area (Å²) in [6, 6.07) is 14.6. The molecule has 3 heterocycles. The van der Waals surface area contributed by atoms with Crippen molar-refractivity contribution in [2.24, 2.45) is 0 Å². The van der Waals surface area contributed by atoms with Crippen molar-refractivity contribution in [2.45, 2.75) is 33.4 Å². The second kappa shape index (κ2) is 7.84. The second-order valence-electron chi connectivity index (χ2n) is 8.25. The van der Waals surface area contributed by atoms with Crippen LogP contribution in [0.4, 0.5) is 4.39 Å². The molecule has 2 aromatic heterocycles. The average molecular weight is 430 g/mol. The van der Waals surface area contributed by atoms with Crippen LogP contribution in [-0.2, 0) is 19.5 Å². The number of nitrogens with zero attached hydrogens (tertiary/aromatic N) is 4. The predicted octanol–water partition coefficient (Wildman–Crippen LogP) is 3.83. The lowest BCUT2D eigenvalue weighted by Gasteiger charge is -2.30. The number of hydrogen-bond donors (Lipinski definition) is 0. The fourth-order valence-electron chi connectivity index (χ4n) is 4.50. The van der Waals surface area contributed by atoms with Gasteiger partial charge in [0.05, 0.1) is 5.69 Å². The number of imidazole rings is 1. The first-order valence-electron chi connectivity index (χ1n) is 10.6. The second-order valence-corrected chi connectivity index (χ2v) is 8.25. The predicted molar refractivity (Wildman–Crippen MR) is 120 cm³/mol. The van der Waals surface area contributed by atoms with Crippen LogP contribution in [0.25, 0.3) is 16.9 Å². The zero-order chi connectivity index (χ0) is 22.4. The van der Waals surface area contributed by atoms with Gasteiger partial charge in [0, 0.05) is 56.0 Å². The summed E-state index contributed by atoms with van der Waals surface area (Å²) in [7, 11) is 0. The molecule has 5 rings (SSSR count). The van der Waals surface area contributed by atoms with Crippen molar-refractivity contribution >= 4 is 11.6 Å². The van der Waals surface area contributed by atoms with Gasteiger partial charge in [0.1, 0.15) is 11.5 Å². The third-order valence-electron chi connectivity index (χ3n) is 6.16. The third kappa shape index (κ3) is 3.35. The molecule has 7 heteroatoms. The Morgan fingerprint density at radius 2 is 1.88 bits per heavy atom. The summed E-state index contributed by atoms with van der Waals surface area (Å²) in [5.41, 5.74) is 4.71. The Morgan fingerprint density at radius 1 is 1.12 bits per heavy atom. The lowest BCUT2D eigenvalue weighted by Crippen LogP contribution is -2.40. The topological polar surface area (TPSA) is 59.6 Å². The van der Waals surface area contributed by atoms with E-state index >= 15 is 0 Å². The Balaban J connectivity index is 1.65. The number of carbonyl (C=O) groups is 1. The van der Waals surface area contributed by atoms with Crippen molar-refractivity contribution in [3.05, 3.63) is 93.4 Å². The van der Waals surface area contributed by atoms with Crippen molar-refractivity contribution in [2.75, 3.05) is 6.54 Å². The molecule has 32 heavy (non-hydrogen) atoms. The quantitative estimate of drug-likeness (QED) is 0.496. The van der Waals surface area contributed by atoms with E-state index in [0.717, 1.165) is 18.7 Å². The molecule has 162 valence electrons. The van der Waals surface area contributed by atoms with Gasteiger partial charge in [-0.1, -0.05) is 36.4 Å². The molecular formula is C25H23FN4O2. The van der Waals surface area contributed by atoms with Gasteiger partial charge >= 0.3 is 5.69 Å². The molecule has 6 nitrogen and oxygen atoms in total. The summed E-state index contributed by atoms with van der Waals surface area (Å²) in [5, 5.41) is 0. The van der Waals surface area contributed by atoms with Crippen LogP contribution in [0.15, 0.2) is 59.5 Å². The highest BCUT2D eigenvalue weighted by atomic mass is 19.1. The van der Waals surface area contributed by atoms with Crippen molar-refractivity contribution in [1.29, 1.82) is 0 Å². The van der Waals surface area contributed by atoms with E-state index < -0.39 is 11.5 Å². The molecule has 0 amide bonds. The van der Waals surface area contributed by atoms with E-state index in [-0.39, 0.29) is 5.91 Å². The molecule has 0 spiro atoms. The monoisotopic (exact) mass is 430 g/mol. The normalized spacial score (nSPS) is 14.0. The fourth-order valence-corrected chi connectivity index (χ4v) is 4.50. The number of carbonyl (C=O) groups excluding carboxylic acids is 1. The van der Waals surface area contributed by atoms with E-state index in [0.29, 0.717) is 35.6 Å². The molecule has 0 bridgehead atoms. The zero-order valence-electron chi connectivity index (χ0n) is 18.0. The average Bonchev–Trinajstić information content (AvgIpc) is 3.22. The molecule has 4 aromatic rings. The van der Waals surface area contributed by atoms with Crippen molar-refractivity contribution in [1.82, 2.24) is 18.9 Å². The summed E-state index contributed by atoms with van der Waals surface area (Å²) >= 11 is 0. The van der Waals surface area contributed by atoms with E-state index in [4.69, 9.17) is 0 Å². The lowest BCUT2D eigenvalue weighted by atomic mass is 10.0. The van der Waals surface area contributed by atoms with Crippen LogP contribution in [-0.4, -0.2) is 31.3 Å². The van der Waals surface area contributed by atoms with Crippen LogP contribution in [0.1, 0.15) is 34.1 Å². The number of fused-ring (bicyclic) bond motifs is 3. The molecule has 2 aromatic carbocycles. The van der Waals surface area contributed by atoms with Crippen molar-refractivity contribution in [3.8, 4) is 11.3 Å². The maximum atomic E-state index is 14.4. The van der Waals surface area contributed by atoms with Crippen LogP contribution in [0.3, 0.4) is 0 Å². The largest absolute Gasteiger partial charge is 0.340 e. The minimum absolute atomic E-state index is 0.325. The fraction of sp³-hybridized carbons (Fsp3) is 0.240. The smallest absolute Gasteiger partial charge is 0.294 e. The van der Waals surface area contributed by atoms with Crippen LogP contribution in [0, 0.1) is 12.7 Å². The maximum absolute atomic E-state index is 14.4. The van der Waals surface area contributed by atoms with E-state index in [1.54, 1.807) is 18.2 Å². The van der Waals surface area contributed by atoms with Gasteiger partial charge in [0.2, 0.25) is 5.91 Å². The molecule has 1 aliphatic heterocycles. The van der Waals surface area contributed by atoms with Gasteiger partial charge in [0.25, 0.3) is 0 Å². The number of halogens is 1. The summed E-state index contributed by atoms with van der Waals surface area (Å²) in [5.74, 6) is -0.737. The molecule has 0 saturated carbocycles. The molecule has 0 aliphatic carbocycles. The Morgan fingerprint density at radius 3 is 2.62 bits per heavy atom. The van der Waals surface area contributed by atoms with E-state index in [2.05, 4.69) is 28.9 Å². The Labute approximate surface area is 184 Å². The summed E-state index contributed by atoms with van der Waals surface area (Å²) < 4.78 is 17.0. The van der Waals surface area contributed by atoms with E-state index in [1.165, 1.54) is 39.3 Å². The summed E-state index contributed by atoms with van der Waals surface area (Å²) in [6.07, 6.45) is 2.09. The molecule has 0 saturated heterocycles. The van der Waals surface area contributed by atoms with Crippen LogP contribution in [0.5, 0.6) is 0 Å². The van der Waals surface area contributed by atoms with Gasteiger partial charge in [-0.25, -0.2) is 18.7 Å². The van der Waals surface area contributed by atoms with Crippen LogP contribution in [0.2, 0.25) is 0 Å². The molecule has 0 atom stereocenters. The summed E-state index contributed by atoms with van der Waals surface area (Å²) in [4.78, 5) is 32.5. The standard InChI is InChI=1S/C25H23FN4O2/c1-16-7-3-4-8-18(16)13-28-12-11-23-20(14-28)24-27-22(19-9-5-6-10-21(19)26)15-29(24)25(32)30(23)17(2)31/h3-10,15H,11-14H2,1-2H3. The van der Waals surface area contributed by atoms with E-state index in [9.17, 15) is 14.0 Å². The molecule has 0 fully saturated rings. The van der Waals surface area contributed by atoms with Gasteiger partial charge in [0.15, 0.2) is 0 Å². The zero-order valence-corrected chi connectivity index (χ0v) is 18.0. The summed E-state index contributed by atoms with van der Waals surface area (Å²) in [6.45, 7) is 5.52. The molecule has 0 N–H and O–H groups in total. The van der Waals surface area contributed by atoms with Gasteiger partial charge in [-0.15, -0.1) is 0 Å². The Kier molecular flexibility index (Phi) is 4.98. The number of aromatic nitrogens is 3. The molecule has 0 radical (unpaired) electrons. The highest BCUT2D eigenvalue weighted by molar-refractivity contribution is 5.78. The molecular weight excluding hydrogens is 407 g/mol. The van der Waals surface area contributed by atoms with Gasteiger partial charge in [-0.3, -0.25) is 14.1 Å². The first-order valence-corrected chi connectivity index (χ1v) is 10.6. The van der Waals surface area contributed by atoms with Crippen molar-refractivity contribution in [3.63, 3.8) is 0 Å². The van der Waals surface area contributed by atoms with Crippen LogP contribution < -0.4 is 5.69 Å². The number of aryl methyl sites for hydroxylation is 1. The molecule has 1 aliphatic rings. The van der Waals surface area contributed by atoms with E-state index in [1.807, 2.05) is 12.1 Å². The third-order valence-corrected chi connectivity index (χ3v) is 6.16. The van der Waals surface area contributed by atoms with Gasteiger partial charge in [-0.2, -0.15) is 0 Å². The highest BCUT2D eigenvalue weighted by Gasteiger charge is 2.27. The minimum atomic E-state index is -0.464. The SMILES string of the molecule is CC(=O)n1c2c(c3nc(-c4ccccc4F)cn3c1=O)CN(Cc1ccccc1C)CC2.